The Labute approximate surface area is 299 Å². The molecule has 0 aliphatic rings. The van der Waals surface area contributed by atoms with E-state index in [4.69, 9.17) is 0 Å². The lowest BCUT2D eigenvalue weighted by molar-refractivity contribution is -0.133. The summed E-state index contributed by atoms with van der Waals surface area (Å²) in [7, 11) is 0. The predicted octanol–water partition coefficient (Wildman–Crippen LogP) is 11.5. The maximum atomic E-state index is 13.1. The molecule has 0 aliphatic heterocycles. The zero-order chi connectivity index (χ0) is 35.2. The molecule has 0 radical (unpaired) electrons. The molecule has 0 spiro atoms. The molecule has 0 aromatic rings. The van der Waals surface area contributed by atoms with Crippen LogP contribution in [-0.4, -0.2) is 37.4 Å². The molecule has 0 saturated carbocycles. The third-order valence-electron chi connectivity index (χ3n) is 9.77. The fourth-order valence-corrected chi connectivity index (χ4v) is 6.50. The molecule has 6 heteroatoms. The molecular weight excluding hydrogens is 594 g/mol. The van der Waals surface area contributed by atoms with Crippen LogP contribution < -0.4 is 16.0 Å². The third-order valence-corrected chi connectivity index (χ3v) is 9.77. The fraction of sp³-hybridized carbons (Fsp3) is 0.929. The van der Waals surface area contributed by atoms with Gasteiger partial charge in [-0.25, -0.2) is 0 Å². The summed E-state index contributed by atoms with van der Waals surface area (Å²) in [6.45, 7) is 8.67. The van der Waals surface area contributed by atoms with Crippen molar-refractivity contribution < 1.29 is 14.4 Å². The average molecular weight is 678 g/mol. The molecule has 284 valence electrons. The quantitative estimate of drug-likeness (QED) is 0.0568. The number of hydrogen-bond donors (Lipinski definition) is 3. The Morgan fingerprint density at radius 1 is 0.333 bits per heavy atom. The van der Waals surface area contributed by atoms with Crippen LogP contribution in [0.4, 0.5) is 0 Å². The van der Waals surface area contributed by atoms with Crippen LogP contribution in [-0.2, 0) is 14.4 Å². The highest BCUT2D eigenvalue weighted by atomic mass is 16.2. The van der Waals surface area contributed by atoms with E-state index in [1.807, 2.05) is 0 Å². The number of carbonyl (C=O) groups excluding carboxylic acids is 3. The van der Waals surface area contributed by atoms with Gasteiger partial charge in [-0.2, -0.15) is 0 Å². The van der Waals surface area contributed by atoms with Crippen molar-refractivity contribution in [2.45, 2.75) is 226 Å². The summed E-state index contributed by atoms with van der Waals surface area (Å²) in [4.78, 5) is 38.7. The summed E-state index contributed by atoms with van der Waals surface area (Å²) in [5.41, 5.74) is 0. The van der Waals surface area contributed by atoms with Gasteiger partial charge in [0, 0.05) is 32.5 Å². The molecule has 0 fully saturated rings. The van der Waals surface area contributed by atoms with Crippen molar-refractivity contribution >= 4 is 17.7 Å². The van der Waals surface area contributed by atoms with Gasteiger partial charge < -0.3 is 16.0 Å². The van der Waals surface area contributed by atoms with Crippen LogP contribution in [0.15, 0.2) is 0 Å². The monoisotopic (exact) mass is 678 g/mol. The molecule has 0 atom stereocenters. The second kappa shape index (κ2) is 38.2. The van der Waals surface area contributed by atoms with Crippen LogP contribution in [0.2, 0.25) is 0 Å². The summed E-state index contributed by atoms with van der Waals surface area (Å²) in [6.07, 6.45) is 37.9. The second-order valence-corrected chi connectivity index (χ2v) is 14.6. The Balaban J connectivity index is 4.37. The lowest BCUT2D eigenvalue weighted by Gasteiger charge is -2.17. The highest BCUT2D eigenvalue weighted by molar-refractivity contribution is 5.90. The summed E-state index contributed by atoms with van der Waals surface area (Å²) < 4.78 is 0. The van der Waals surface area contributed by atoms with Gasteiger partial charge in [0.2, 0.25) is 17.7 Å². The molecule has 0 rings (SSSR count). The fourth-order valence-electron chi connectivity index (χ4n) is 6.50. The van der Waals surface area contributed by atoms with Crippen LogP contribution in [0, 0.1) is 5.92 Å². The largest absolute Gasteiger partial charge is 0.356 e. The molecular formula is C42H83N3O3. The number of hydrogen-bond acceptors (Lipinski definition) is 3. The van der Waals surface area contributed by atoms with E-state index in [1.165, 1.54) is 154 Å². The zero-order valence-electron chi connectivity index (χ0n) is 32.6. The van der Waals surface area contributed by atoms with Crippen LogP contribution in [0.25, 0.3) is 0 Å². The van der Waals surface area contributed by atoms with E-state index in [9.17, 15) is 14.4 Å². The van der Waals surface area contributed by atoms with E-state index in [0.29, 0.717) is 19.6 Å². The highest BCUT2D eigenvalue weighted by Crippen LogP contribution is 2.14. The number of carbonyl (C=O) groups is 3. The summed E-state index contributed by atoms with van der Waals surface area (Å²) in [6, 6.07) is 0. The minimum Gasteiger partial charge on any atom is -0.356 e. The van der Waals surface area contributed by atoms with Gasteiger partial charge in [-0.05, 0) is 19.3 Å². The third kappa shape index (κ3) is 34.3. The number of amides is 3. The van der Waals surface area contributed by atoms with Crippen molar-refractivity contribution in [3.63, 3.8) is 0 Å². The molecule has 0 aromatic carbocycles. The highest BCUT2D eigenvalue weighted by Gasteiger charge is 2.24. The maximum absolute atomic E-state index is 13.1. The molecule has 0 saturated heterocycles. The van der Waals surface area contributed by atoms with E-state index in [0.717, 1.165) is 38.5 Å². The Kier molecular flexibility index (Phi) is 36.9. The van der Waals surface area contributed by atoms with Gasteiger partial charge in [0.15, 0.2) is 0 Å². The molecule has 3 amide bonds. The predicted molar refractivity (Wildman–Crippen MR) is 207 cm³/mol. The Morgan fingerprint density at radius 3 is 0.833 bits per heavy atom. The molecule has 3 N–H and O–H groups in total. The van der Waals surface area contributed by atoms with Crippen LogP contribution >= 0.6 is 0 Å². The Morgan fingerprint density at radius 2 is 0.562 bits per heavy atom. The lowest BCUT2D eigenvalue weighted by atomic mass is 9.98. The first-order valence-corrected chi connectivity index (χ1v) is 21.4. The van der Waals surface area contributed by atoms with Crippen LogP contribution in [0.1, 0.15) is 226 Å². The minimum atomic E-state index is -0.617. The molecule has 0 aliphatic carbocycles. The molecule has 0 heterocycles. The number of unbranched alkanes of at least 4 members (excludes halogenated alkanes) is 27. The SMILES string of the molecule is CCCCCCCCCCCCNC(=O)CC(CC(=O)NCCCCCCCCCCCC)C(=O)NCCCCCCCCCCCC. The Hall–Kier alpha value is -1.59. The van der Waals surface area contributed by atoms with E-state index in [-0.39, 0.29) is 30.6 Å². The number of nitrogens with one attached hydrogen (secondary N) is 3. The number of rotatable bonds is 38. The molecule has 0 unspecified atom stereocenters. The zero-order valence-corrected chi connectivity index (χ0v) is 32.6. The Bertz CT molecular complexity index is 674. The van der Waals surface area contributed by atoms with Gasteiger partial charge in [0.05, 0.1) is 5.92 Å². The van der Waals surface area contributed by atoms with E-state index >= 15 is 0 Å². The second-order valence-electron chi connectivity index (χ2n) is 14.6. The topological polar surface area (TPSA) is 87.3 Å². The van der Waals surface area contributed by atoms with Crippen molar-refractivity contribution in [2.24, 2.45) is 5.92 Å². The van der Waals surface area contributed by atoms with Gasteiger partial charge in [-0.15, -0.1) is 0 Å². The minimum absolute atomic E-state index is 0.0767. The van der Waals surface area contributed by atoms with Crippen molar-refractivity contribution in [1.29, 1.82) is 0 Å². The van der Waals surface area contributed by atoms with Crippen LogP contribution in [0.5, 0.6) is 0 Å². The van der Waals surface area contributed by atoms with Gasteiger partial charge in [-0.3, -0.25) is 14.4 Å². The van der Waals surface area contributed by atoms with Crippen molar-refractivity contribution in [2.75, 3.05) is 19.6 Å². The van der Waals surface area contributed by atoms with E-state index in [2.05, 4.69) is 36.7 Å². The van der Waals surface area contributed by atoms with Crippen molar-refractivity contribution in [1.82, 2.24) is 16.0 Å². The normalized spacial score (nSPS) is 11.2. The first-order valence-electron chi connectivity index (χ1n) is 21.4. The van der Waals surface area contributed by atoms with Gasteiger partial charge >= 0.3 is 0 Å². The summed E-state index contributed by atoms with van der Waals surface area (Å²) in [5, 5.41) is 9.08. The van der Waals surface area contributed by atoms with Gasteiger partial charge in [0.25, 0.3) is 0 Å². The lowest BCUT2D eigenvalue weighted by Crippen LogP contribution is -2.38. The van der Waals surface area contributed by atoms with Crippen molar-refractivity contribution in [3.05, 3.63) is 0 Å². The molecule has 0 bridgehead atoms. The van der Waals surface area contributed by atoms with Gasteiger partial charge in [0.1, 0.15) is 0 Å². The van der Waals surface area contributed by atoms with Gasteiger partial charge in [-0.1, -0.05) is 194 Å². The molecule has 0 aromatic heterocycles. The molecule has 48 heavy (non-hydrogen) atoms. The van der Waals surface area contributed by atoms with E-state index in [1.54, 1.807) is 0 Å². The first kappa shape index (κ1) is 46.4. The van der Waals surface area contributed by atoms with Crippen molar-refractivity contribution in [3.8, 4) is 0 Å². The average Bonchev–Trinajstić information content (AvgIpc) is 3.08. The summed E-state index contributed by atoms with van der Waals surface area (Å²) >= 11 is 0. The van der Waals surface area contributed by atoms with E-state index < -0.39 is 5.92 Å². The molecule has 6 nitrogen and oxygen atoms in total. The summed E-state index contributed by atoms with van der Waals surface area (Å²) in [5.74, 6) is -1.01. The smallest absolute Gasteiger partial charge is 0.224 e. The van der Waals surface area contributed by atoms with Crippen LogP contribution in [0.3, 0.4) is 0 Å². The first-order chi connectivity index (χ1) is 23.5. The standard InChI is InChI=1S/C42H83N3O3/c1-4-7-10-13-16-19-22-25-28-31-34-43-40(46)37-39(42(48)45-36-33-30-27-24-21-18-15-12-9-6-3)38-41(47)44-35-32-29-26-23-20-17-14-11-8-5-2/h39H,4-38H2,1-3H3,(H,43,46)(H,44,47)(H,45,48). The maximum Gasteiger partial charge on any atom is 0.224 e.